The molecule has 0 radical (unpaired) electrons. The highest BCUT2D eigenvalue weighted by Gasteiger charge is 2.13. The number of carbonyl (C=O) groups is 1. The molecule has 0 fully saturated rings. The third-order valence-electron chi connectivity index (χ3n) is 2.30. The van der Waals surface area contributed by atoms with Crippen LogP contribution in [-0.4, -0.2) is 22.8 Å². The molecule has 16 heavy (non-hydrogen) atoms. The van der Waals surface area contributed by atoms with Crippen molar-refractivity contribution in [2.75, 3.05) is 5.88 Å². The lowest BCUT2D eigenvalue weighted by Gasteiger charge is -2.15. The van der Waals surface area contributed by atoms with Gasteiger partial charge in [0.25, 0.3) is 5.91 Å². The molecule has 0 bridgehead atoms. The summed E-state index contributed by atoms with van der Waals surface area (Å²) in [4.78, 5) is 15.7. The van der Waals surface area contributed by atoms with Gasteiger partial charge in [0, 0.05) is 24.3 Å². The maximum Gasteiger partial charge on any atom is 0.253 e. The second-order valence-corrected chi connectivity index (χ2v) is 4.20. The largest absolute Gasteiger partial charge is 0.349 e. The predicted molar refractivity (Wildman–Crippen MR) is 66.1 cm³/mol. The van der Waals surface area contributed by atoms with Crippen molar-refractivity contribution in [2.45, 2.75) is 25.8 Å². The van der Waals surface area contributed by atoms with Gasteiger partial charge in [-0.15, -0.1) is 11.6 Å². The van der Waals surface area contributed by atoms with E-state index in [2.05, 4.69) is 10.3 Å². The average Bonchev–Trinajstić information content (AvgIpc) is 2.28. The van der Waals surface area contributed by atoms with Crippen LogP contribution in [0, 0.1) is 0 Å². The van der Waals surface area contributed by atoms with Crippen molar-refractivity contribution in [3.05, 3.63) is 29.0 Å². The number of carbonyl (C=O) groups excluding carboxylic acids is 1. The summed E-state index contributed by atoms with van der Waals surface area (Å²) >= 11 is 11.5. The number of amides is 1. The Bertz CT molecular complexity index is 358. The van der Waals surface area contributed by atoms with Crippen molar-refractivity contribution in [3.63, 3.8) is 0 Å². The quantitative estimate of drug-likeness (QED) is 0.828. The molecule has 88 valence electrons. The summed E-state index contributed by atoms with van der Waals surface area (Å²) in [6.45, 7) is 2.01. The zero-order valence-corrected chi connectivity index (χ0v) is 10.6. The maximum atomic E-state index is 11.8. The molecule has 1 atom stereocenters. The molecule has 0 aliphatic carbocycles. The Balaban J connectivity index is 2.68. The third kappa shape index (κ3) is 3.65. The number of halogens is 2. The van der Waals surface area contributed by atoms with Gasteiger partial charge < -0.3 is 5.32 Å². The van der Waals surface area contributed by atoms with Crippen molar-refractivity contribution in [1.82, 2.24) is 10.3 Å². The minimum absolute atomic E-state index is 0.0919. The first kappa shape index (κ1) is 13.3. The normalized spacial score (nSPS) is 12.2. The molecule has 0 aliphatic rings. The van der Waals surface area contributed by atoms with Crippen LogP contribution in [0.15, 0.2) is 18.5 Å². The summed E-state index contributed by atoms with van der Waals surface area (Å²) in [6.07, 6.45) is 4.61. The average molecular weight is 261 g/mol. The van der Waals surface area contributed by atoms with Crippen molar-refractivity contribution in [2.24, 2.45) is 0 Å². The van der Waals surface area contributed by atoms with Crippen LogP contribution >= 0.6 is 23.2 Å². The van der Waals surface area contributed by atoms with Gasteiger partial charge in [-0.05, 0) is 18.9 Å². The number of aromatic nitrogens is 1. The number of nitrogens with zero attached hydrogens (tertiary/aromatic N) is 1. The van der Waals surface area contributed by atoms with Crippen molar-refractivity contribution >= 4 is 29.1 Å². The van der Waals surface area contributed by atoms with E-state index in [0.717, 1.165) is 12.8 Å². The predicted octanol–water partition coefficient (Wildman–Crippen LogP) is 2.87. The minimum Gasteiger partial charge on any atom is -0.349 e. The van der Waals surface area contributed by atoms with Crippen LogP contribution in [0.25, 0.3) is 0 Å². The number of nitrogens with one attached hydrogen (secondary N) is 1. The van der Waals surface area contributed by atoms with Gasteiger partial charge in [0.1, 0.15) is 0 Å². The van der Waals surface area contributed by atoms with Gasteiger partial charge in [-0.3, -0.25) is 9.78 Å². The Kier molecular flexibility index (Phi) is 5.56. The number of rotatable bonds is 5. The van der Waals surface area contributed by atoms with E-state index in [9.17, 15) is 4.79 Å². The van der Waals surface area contributed by atoms with Crippen LogP contribution in [0.3, 0.4) is 0 Å². The molecule has 3 nitrogen and oxygen atoms in total. The Morgan fingerprint density at radius 3 is 2.94 bits per heavy atom. The highest BCUT2D eigenvalue weighted by Crippen LogP contribution is 2.13. The minimum atomic E-state index is -0.177. The zero-order chi connectivity index (χ0) is 12.0. The number of hydrogen-bond acceptors (Lipinski definition) is 2. The molecule has 0 aliphatic heterocycles. The first-order valence-corrected chi connectivity index (χ1v) is 6.06. The number of pyridine rings is 1. The molecular weight excluding hydrogens is 247 g/mol. The second-order valence-electron chi connectivity index (χ2n) is 3.41. The summed E-state index contributed by atoms with van der Waals surface area (Å²) in [5.41, 5.74) is 0.449. The molecule has 0 spiro atoms. The van der Waals surface area contributed by atoms with Crippen LogP contribution in [0.5, 0.6) is 0 Å². The molecule has 1 aromatic heterocycles. The van der Waals surface area contributed by atoms with Gasteiger partial charge in [-0.2, -0.15) is 0 Å². The monoisotopic (exact) mass is 260 g/mol. The summed E-state index contributed by atoms with van der Waals surface area (Å²) in [7, 11) is 0. The van der Waals surface area contributed by atoms with Crippen LogP contribution < -0.4 is 5.32 Å². The topological polar surface area (TPSA) is 42.0 Å². The number of hydrogen-bond donors (Lipinski definition) is 1. The van der Waals surface area contributed by atoms with E-state index in [1.54, 1.807) is 12.3 Å². The molecule has 1 unspecified atom stereocenters. The highest BCUT2D eigenvalue weighted by molar-refractivity contribution is 6.33. The molecule has 1 heterocycles. The van der Waals surface area contributed by atoms with Gasteiger partial charge in [0.2, 0.25) is 0 Å². The number of alkyl halides is 1. The third-order valence-corrected chi connectivity index (χ3v) is 2.82. The smallest absolute Gasteiger partial charge is 0.253 e. The van der Waals surface area contributed by atoms with Gasteiger partial charge in [-0.1, -0.05) is 18.5 Å². The molecular formula is C11H14Cl2N2O. The summed E-state index contributed by atoms with van der Waals surface area (Å²) in [5.74, 6) is 0.354. The molecule has 1 rings (SSSR count). The Labute approximate surface area is 105 Å². The molecule has 1 amide bonds. The fraction of sp³-hybridized carbons (Fsp3) is 0.455. The van der Waals surface area contributed by atoms with Crippen LogP contribution in [0.2, 0.25) is 5.02 Å². The van der Waals surface area contributed by atoms with Gasteiger partial charge in [0.15, 0.2) is 0 Å². The van der Waals surface area contributed by atoms with Gasteiger partial charge in [0.05, 0.1) is 10.6 Å². The molecule has 5 heteroatoms. The highest BCUT2D eigenvalue weighted by atomic mass is 35.5. The van der Waals surface area contributed by atoms with Gasteiger partial charge in [-0.25, -0.2) is 0 Å². The summed E-state index contributed by atoms with van der Waals surface area (Å²) in [6, 6.07) is 1.69. The van der Waals surface area contributed by atoms with E-state index in [-0.39, 0.29) is 11.9 Å². The summed E-state index contributed by atoms with van der Waals surface area (Å²) in [5, 5.41) is 3.25. The van der Waals surface area contributed by atoms with Crippen LogP contribution in [-0.2, 0) is 0 Å². The summed E-state index contributed by atoms with van der Waals surface area (Å²) < 4.78 is 0. The molecule has 0 aromatic carbocycles. The van der Waals surface area contributed by atoms with Gasteiger partial charge >= 0.3 is 0 Å². The zero-order valence-electron chi connectivity index (χ0n) is 9.04. The van der Waals surface area contributed by atoms with Crippen LogP contribution in [0.1, 0.15) is 30.1 Å². The van der Waals surface area contributed by atoms with E-state index in [1.165, 1.54) is 6.20 Å². The van der Waals surface area contributed by atoms with Crippen molar-refractivity contribution in [3.8, 4) is 0 Å². The lowest BCUT2D eigenvalue weighted by Crippen LogP contribution is -2.34. The standard InChI is InChI=1S/C11H14Cl2N2O/c1-2-8(3-5-12)15-11(16)9-4-6-14-7-10(9)13/h4,6-8H,2-3,5H2,1H3,(H,15,16). The maximum absolute atomic E-state index is 11.8. The first-order valence-electron chi connectivity index (χ1n) is 5.15. The van der Waals surface area contributed by atoms with E-state index in [0.29, 0.717) is 16.5 Å². The Morgan fingerprint density at radius 2 is 2.38 bits per heavy atom. The fourth-order valence-electron chi connectivity index (χ4n) is 1.33. The van der Waals surface area contributed by atoms with E-state index in [1.807, 2.05) is 6.92 Å². The SMILES string of the molecule is CCC(CCCl)NC(=O)c1ccncc1Cl. The molecule has 1 N–H and O–H groups in total. The van der Waals surface area contributed by atoms with Crippen LogP contribution in [0.4, 0.5) is 0 Å². The van der Waals surface area contributed by atoms with Crippen molar-refractivity contribution in [1.29, 1.82) is 0 Å². The Morgan fingerprint density at radius 1 is 1.62 bits per heavy atom. The Hall–Kier alpha value is -0.800. The molecule has 0 saturated carbocycles. The second kappa shape index (κ2) is 6.71. The van der Waals surface area contributed by atoms with Crippen molar-refractivity contribution < 1.29 is 4.79 Å². The molecule has 0 saturated heterocycles. The fourth-order valence-corrected chi connectivity index (χ4v) is 1.80. The van der Waals surface area contributed by atoms with E-state index in [4.69, 9.17) is 23.2 Å². The lowest BCUT2D eigenvalue weighted by molar-refractivity contribution is 0.0935. The first-order chi connectivity index (χ1) is 7.69. The van der Waals surface area contributed by atoms with E-state index < -0.39 is 0 Å². The lowest BCUT2D eigenvalue weighted by atomic mass is 10.1. The molecule has 1 aromatic rings. The van der Waals surface area contributed by atoms with E-state index >= 15 is 0 Å².